The first-order valence-electron chi connectivity index (χ1n) is 8.41. The Morgan fingerprint density at radius 2 is 1.78 bits per heavy atom. The van der Waals surface area contributed by atoms with Crippen LogP contribution in [0.1, 0.15) is 41.0 Å². The number of benzene rings is 2. The second kappa shape index (κ2) is 9.73. The molecule has 2 aromatic carbocycles. The van der Waals surface area contributed by atoms with Gasteiger partial charge in [-0.1, -0.05) is 18.5 Å². The van der Waals surface area contributed by atoms with E-state index in [1.54, 1.807) is 36.4 Å². The predicted octanol–water partition coefficient (Wildman–Crippen LogP) is 4.13. The summed E-state index contributed by atoms with van der Waals surface area (Å²) in [6, 6.07) is 11.0. The van der Waals surface area contributed by atoms with Crippen molar-refractivity contribution >= 4 is 34.9 Å². The molecule has 6 nitrogen and oxygen atoms in total. The second-order valence-corrected chi connectivity index (χ2v) is 6.18. The van der Waals surface area contributed by atoms with E-state index in [0.29, 0.717) is 28.4 Å². The number of carbonyl (C=O) groups excluding carboxylic acids is 3. The molecule has 0 fully saturated rings. The lowest BCUT2D eigenvalue weighted by atomic mass is 10.1. The van der Waals surface area contributed by atoms with Gasteiger partial charge in [0.2, 0.25) is 0 Å². The third-order valence-corrected chi connectivity index (χ3v) is 3.76. The van der Waals surface area contributed by atoms with Crippen LogP contribution in [0.3, 0.4) is 0 Å². The Morgan fingerprint density at radius 1 is 1.07 bits per heavy atom. The van der Waals surface area contributed by atoms with Gasteiger partial charge in [-0.3, -0.25) is 9.59 Å². The maximum absolute atomic E-state index is 12.1. The minimum atomic E-state index is -0.405. The molecule has 0 radical (unpaired) electrons. The third-order valence-electron chi connectivity index (χ3n) is 3.52. The number of ether oxygens (including phenoxy) is 2. The summed E-state index contributed by atoms with van der Waals surface area (Å²) in [4.78, 5) is 35.4. The van der Waals surface area contributed by atoms with Crippen molar-refractivity contribution in [3.8, 4) is 5.75 Å². The van der Waals surface area contributed by atoms with E-state index in [1.807, 2.05) is 6.92 Å². The Balaban J connectivity index is 1.93. The van der Waals surface area contributed by atoms with Crippen LogP contribution in [-0.2, 0) is 9.53 Å². The van der Waals surface area contributed by atoms with Crippen LogP contribution in [0.2, 0.25) is 5.02 Å². The number of hydrogen-bond donors (Lipinski definition) is 1. The lowest BCUT2D eigenvalue weighted by Crippen LogP contribution is -2.20. The van der Waals surface area contributed by atoms with E-state index in [2.05, 4.69) is 5.32 Å². The van der Waals surface area contributed by atoms with Gasteiger partial charge in [-0.2, -0.15) is 0 Å². The first-order valence-corrected chi connectivity index (χ1v) is 8.78. The second-order valence-electron chi connectivity index (χ2n) is 5.75. The molecule has 7 heteroatoms. The van der Waals surface area contributed by atoms with Crippen molar-refractivity contribution in [2.75, 3.05) is 18.5 Å². The molecule has 0 spiro atoms. The highest BCUT2D eigenvalue weighted by atomic mass is 35.5. The number of Topliss-reactive ketones (excluding diaryl/α,β-unsaturated/α-hetero) is 1. The molecule has 0 saturated heterocycles. The molecular formula is C20H20ClNO5. The first-order chi connectivity index (χ1) is 12.9. The Kier molecular flexibility index (Phi) is 7.37. The topological polar surface area (TPSA) is 81.7 Å². The molecule has 0 aliphatic carbocycles. The van der Waals surface area contributed by atoms with E-state index < -0.39 is 11.9 Å². The number of nitrogens with one attached hydrogen (secondary N) is 1. The zero-order valence-corrected chi connectivity index (χ0v) is 15.8. The van der Waals surface area contributed by atoms with E-state index in [9.17, 15) is 14.4 Å². The maximum Gasteiger partial charge on any atom is 0.338 e. The Bertz CT molecular complexity index is 833. The summed E-state index contributed by atoms with van der Waals surface area (Å²) in [6.45, 7) is 3.40. The van der Waals surface area contributed by atoms with Crippen LogP contribution in [0.5, 0.6) is 5.75 Å². The minimum absolute atomic E-state index is 0.210. The van der Waals surface area contributed by atoms with Crippen molar-refractivity contribution in [3.05, 3.63) is 58.6 Å². The van der Waals surface area contributed by atoms with Crippen LogP contribution in [-0.4, -0.2) is 30.9 Å². The van der Waals surface area contributed by atoms with Crippen LogP contribution in [0.25, 0.3) is 0 Å². The maximum atomic E-state index is 12.1. The van der Waals surface area contributed by atoms with Crippen molar-refractivity contribution in [2.45, 2.75) is 20.3 Å². The van der Waals surface area contributed by atoms with Gasteiger partial charge < -0.3 is 14.8 Å². The van der Waals surface area contributed by atoms with E-state index >= 15 is 0 Å². The van der Waals surface area contributed by atoms with Gasteiger partial charge in [0.15, 0.2) is 12.4 Å². The molecule has 0 aliphatic heterocycles. The van der Waals surface area contributed by atoms with Gasteiger partial charge in [-0.25, -0.2) is 4.79 Å². The van der Waals surface area contributed by atoms with Crippen molar-refractivity contribution in [3.63, 3.8) is 0 Å². The van der Waals surface area contributed by atoms with Crippen LogP contribution in [0.15, 0.2) is 42.5 Å². The Labute approximate surface area is 162 Å². The summed E-state index contributed by atoms with van der Waals surface area (Å²) in [5.41, 5.74) is 1.23. The molecule has 1 N–H and O–H groups in total. The van der Waals surface area contributed by atoms with E-state index in [-0.39, 0.29) is 18.1 Å². The third kappa shape index (κ3) is 6.11. The molecule has 2 rings (SSSR count). The lowest BCUT2D eigenvalue weighted by Gasteiger charge is -2.11. The molecule has 0 bridgehead atoms. The molecule has 1 amide bonds. The number of carbonyl (C=O) groups is 3. The number of amides is 1. The molecule has 0 aliphatic rings. The predicted molar refractivity (Wildman–Crippen MR) is 103 cm³/mol. The van der Waals surface area contributed by atoms with Crippen LogP contribution >= 0.6 is 11.6 Å². The quantitative estimate of drug-likeness (QED) is 0.542. The molecule has 0 heterocycles. The van der Waals surface area contributed by atoms with Crippen molar-refractivity contribution in [1.82, 2.24) is 0 Å². The number of halogens is 1. The summed E-state index contributed by atoms with van der Waals surface area (Å²) < 4.78 is 10.5. The van der Waals surface area contributed by atoms with E-state index in [1.165, 1.54) is 13.0 Å². The van der Waals surface area contributed by atoms with Crippen molar-refractivity contribution < 1.29 is 23.9 Å². The van der Waals surface area contributed by atoms with Gasteiger partial charge in [0, 0.05) is 10.7 Å². The molecule has 142 valence electrons. The van der Waals surface area contributed by atoms with E-state index in [4.69, 9.17) is 21.1 Å². The molecule has 0 unspecified atom stereocenters. The highest BCUT2D eigenvalue weighted by Crippen LogP contribution is 2.23. The zero-order chi connectivity index (χ0) is 19.8. The smallest absolute Gasteiger partial charge is 0.338 e. The normalized spacial score (nSPS) is 10.2. The molecule has 2 aromatic rings. The summed E-state index contributed by atoms with van der Waals surface area (Å²) in [6.07, 6.45) is 0.749. The monoisotopic (exact) mass is 389 g/mol. The molecule has 0 atom stereocenters. The average Bonchev–Trinajstić information content (AvgIpc) is 2.65. The minimum Gasteiger partial charge on any atom is -0.483 e. The van der Waals surface area contributed by atoms with Crippen molar-refractivity contribution in [2.24, 2.45) is 0 Å². The highest BCUT2D eigenvalue weighted by Gasteiger charge is 2.12. The number of esters is 1. The SMILES string of the molecule is CCCOC(=O)c1ccc(NC(=O)COc2ccc(Cl)cc2C(C)=O)cc1. The van der Waals surface area contributed by atoms with Crippen LogP contribution < -0.4 is 10.1 Å². The summed E-state index contributed by atoms with van der Waals surface area (Å²) in [5.74, 6) is -0.729. The lowest BCUT2D eigenvalue weighted by molar-refractivity contribution is -0.118. The average molecular weight is 390 g/mol. The van der Waals surface area contributed by atoms with Gasteiger partial charge >= 0.3 is 5.97 Å². The highest BCUT2D eigenvalue weighted by molar-refractivity contribution is 6.31. The number of rotatable bonds is 8. The van der Waals surface area contributed by atoms with Gasteiger partial charge in [-0.05, 0) is 55.8 Å². The number of anilines is 1. The Morgan fingerprint density at radius 3 is 2.41 bits per heavy atom. The molecular weight excluding hydrogens is 370 g/mol. The van der Waals surface area contributed by atoms with Gasteiger partial charge in [0.25, 0.3) is 5.91 Å². The van der Waals surface area contributed by atoms with Gasteiger partial charge in [0.05, 0.1) is 17.7 Å². The fourth-order valence-electron chi connectivity index (χ4n) is 2.21. The fourth-order valence-corrected chi connectivity index (χ4v) is 2.38. The molecule has 0 aromatic heterocycles. The summed E-state index contributed by atoms with van der Waals surface area (Å²) in [5, 5.41) is 3.07. The largest absolute Gasteiger partial charge is 0.483 e. The van der Waals surface area contributed by atoms with Gasteiger partial charge in [0.1, 0.15) is 5.75 Å². The van der Waals surface area contributed by atoms with Gasteiger partial charge in [-0.15, -0.1) is 0 Å². The molecule has 27 heavy (non-hydrogen) atoms. The van der Waals surface area contributed by atoms with Crippen LogP contribution in [0.4, 0.5) is 5.69 Å². The van der Waals surface area contributed by atoms with Crippen molar-refractivity contribution in [1.29, 1.82) is 0 Å². The molecule has 0 saturated carbocycles. The summed E-state index contributed by atoms with van der Waals surface area (Å²) >= 11 is 5.87. The zero-order valence-electron chi connectivity index (χ0n) is 15.1. The van der Waals surface area contributed by atoms with Crippen LogP contribution in [0, 0.1) is 0 Å². The number of hydrogen-bond acceptors (Lipinski definition) is 5. The fraction of sp³-hybridized carbons (Fsp3) is 0.250. The number of ketones is 1. The first kappa shape index (κ1) is 20.5. The standard InChI is InChI=1S/C20H20ClNO5/c1-3-10-26-20(25)14-4-7-16(8-5-14)22-19(24)12-27-18-9-6-15(21)11-17(18)13(2)23/h4-9,11H,3,10,12H2,1-2H3,(H,22,24). The van der Waals surface area contributed by atoms with E-state index in [0.717, 1.165) is 6.42 Å². The summed E-state index contributed by atoms with van der Waals surface area (Å²) in [7, 11) is 0. The Hall–Kier alpha value is -2.86.